The molecule has 0 bridgehead atoms. The average molecular weight is 369 g/mol. The Labute approximate surface area is 150 Å². The smallest absolute Gasteiger partial charge is 0.330 e. The van der Waals surface area contributed by atoms with Gasteiger partial charge in [-0.3, -0.25) is 14.3 Å². The summed E-state index contributed by atoms with van der Waals surface area (Å²) in [5, 5.41) is 0.0629. The number of hydrogen-bond donors (Lipinski definition) is 1. The molecule has 0 radical (unpaired) electrons. The molecule has 4 atom stereocenters. The van der Waals surface area contributed by atoms with Crippen molar-refractivity contribution in [3.8, 4) is 0 Å². The van der Waals surface area contributed by atoms with Crippen LogP contribution in [-0.4, -0.2) is 30.1 Å². The lowest BCUT2D eigenvalue weighted by atomic mass is 9.99. The van der Waals surface area contributed by atoms with Gasteiger partial charge < -0.3 is 9.16 Å². The third-order valence-electron chi connectivity index (χ3n) is 5.76. The second-order valence-electron chi connectivity index (χ2n) is 8.65. The zero-order valence-corrected chi connectivity index (χ0v) is 17.7. The Morgan fingerprint density at radius 3 is 2.44 bits per heavy atom. The van der Waals surface area contributed by atoms with Crippen molar-refractivity contribution in [3.05, 3.63) is 32.6 Å². The fraction of sp³-hybridized carbons (Fsp3) is 0.778. The Bertz CT molecular complexity index is 732. The van der Waals surface area contributed by atoms with Crippen LogP contribution in [0.1, 0.15) is 52.8 Å². The maximum absolute atomic E-state index is 12.4. The van der Waals surface area contributed by atoms with Gasteiger partial charge in [-0.2, -0.15) is 0 Å². The van der Waals surface area contributed by atoms with E-state index in [-0.39, 0.29) is 28.7 Å². The monoisotopic (exact) mass is 368 g/mol. The molecule has 1 aliphatic heterocycles. The van der Waals surface area contributed by atoms with Gasteiger partial charge in [0, 0.05) is 17.7 Å². The summed E-state index contributed by atoms with van der Waals surface area (Å²) in [5.41, 5.74) is -0.323. The fourth-order valence-electron chi connectivity index (χ4n) is 3.00. The summed E-state index contributed by atoms with van der Waals surface area (Å²) in [6.07, 6.45) is 1.73. The number of hydrogen-bond acceptors (Lipinski definition) is 4. The highest BCUT2D eigenvalue weighted by Crippen LogP contribution is 2.43. The van der Waals surface area contributed by atoms with E-state index < -0.39 is 20.2 Å². The van der Waals surface area contributed by atoms with E-state index in [0.29, 0.717) is 5.56 Å². The van der Waals surface area contributed by atoms with Crippen LogP contribution in [0, 0.1) is 12.8 Å². The average Bonchev–Trinajstić information content (AvgIpc) is 2.78. The van der Waals surface area contributed by atoms with Gasteiger partial charge in [-0.15, -0.1) is 0 Å². The van der Waals surface area contributed by atoms with Crippen LogP contribution in [0.2, 0.25) is 18.1 Å². The number of aryl methyl sites for hydroxylation is 1. The minimum absolute atomic E-state index is 0.0268. The molecule has 142 valence electrons. The largest absolute Gasteiger partial charge is 0.409 e. The SMILES string of the molecule is CC[C@H]1O[C@@H](n2cc(C)c(=O)[nH]c2=O)[C@@H](O[Si](C)(C)C(C)(C)C)C1C. The van der Waals surface area contributed by atoms with Gasteiger partial charge in [-0.1, -0.05) is 34.6 Å². The topological polar surface area (TPSA) is 73.3 Å². The number of H-pyrrole nitrogens is 1. The van der Waals surface area contributed by atoms with E-state index in [2.05, 4.69) is 52.7 Å². The molecule has 2 rings (SSSR count). The molecular formula is C18H32N2O4Si. The maximum Gasteiger partial charge on any atom is 0.330 e. The van der Waals surface area contributed by atoms with E-state index >= 15 is 0 Å². The van der Waals surface area contributed by atoms with E-state index in [4.69, 9.17) is 9.16 Å². The van der Waals surface area contributed by atoms with E-state index in [9.17, 15) is 9.59 Å². The molecule has 1 N–H and O–H groups in total. The Kier molecular flexibility index (Phi) is 5.52. The first kappa shape index (κ1) is 20.1. The molecule has 1 aromatic heterocycles. The second kappa shape index (κ2) is 6.85. The van der Waals surface area contributed by atoms with Gasteiger partial charge >= 0.3 is 5.69 Å². The van der Waals surface area contributed by atoms with E-state index in [1.165, 1.54) is 4.57 Å². The van der Waals surface area contributed by atoms with Gasteiger partial charge in [0.05, 0.1) is 12.2 Å². The Hall–Kier alpha value is -1.18. The summed E-state index contributed by atoms with van der Waals surface area (Å²) >= 11 is 0. The van der Waals surface area contributed by atoms with Gasteiger partial charge in [0.15, 0.2) is 14.5 Å². The van der Waals surface area contributed by atoms with Crippen LogP contribution in [0.25, 0.3) is 0 Å². The summed E-state index contributed by atoms with van der Waals surface area (Å²) in [4.78, 5) is 26.4. The molecule has 1 unspecified atom stereocenters. The standard InChI is InChI=1S/C18H32N2O4Si/c1-9-13-12(3)14(24-25(7,8)18(4,5)6)16(23-13)20-10-11(2)15(21)19-17(20)22/h10,12-14,16H,9H2,1-8H3,(H,19,21,22)/t12?,13-,14+,16-/m1/s1. The molecule has 1 fully saturated rings. The molecular weight excluding hydrogens is 336 g/mol. The highest BCUT2D eigenvalue weighted by Gasteiger charge is 2.48. The highest BCUT2D eigenvalue weighted by atomic mass is 28.4. The molecule has 0 amide bonds. The van der Waals surface area contributed by atoms with Crippen molar-refractivity contribution < 1.29 is 9.16 Å². The lowest BCUT2D eigenvalue weighted by molar-refractivity contribution is -0.0372. The predicted octanol–water partition coefficient (Wildman–Crippen LogP) is 3.18. The highest BCUT2D eigenvalue weighted by molar-refractivity contribution is 6.74. The minimum Gasteiger partial charge on any atom is -0.409 e. The maximum atomic E-state index is 12.4. The van der Waals surface area contributed by atoms with Gasteiger partial charge in [-0.05, 0) is 31.5 Å². The van der Waals surface area contributed by atoms with Crippen molar-refractivity contribution in [2.75, 3.05) is 0 Å². The number of ether oxygens (including phenoxy) is 1. The number of aromatic amines is 1. The summed E-state index contributed by atoms with van der Waals surface area (Å²) < 4.78 is 14.3. The van der Waals surface area contributed by atoms with Crippen molar-refractivity contribution >= 4 is 8.32 Å². The van der Waals surface area contributed by atoms with Crippen LogP contribution in [0.15, 0.2) is 15.8 Å². The second-order valence-corrected chi connectivity index (χ2v) is 13.4. The quantitative estimate of drug-likeness (QED) is 0.829. The van der Waals surface area contributed by atoms with Gasteiger partial charge in [0.25, 0.3) is 5.56 Å². The molecule has 1 aromatic rings. The van der Waals surface area contributed by atoms with Crippen LogP contribution in [0.5, 0.6) is 0 Å². The zero-order chi connectivity index (χ0) is 19.2. The van der Waals surface area contributed by atoms with E-state index in [1.807, 2.05) is 0 Å². The molecule has 0 saturated carbocycles. The van der Waals surface area contributed by atoms with Crippen LogP contribution < -0.4 is 11.2 Å². The molecule has 2 heterocycles. The first-order chi connectivity index (χ1) is 11.4. The summed E-state index contributed by atoms with van der Waals surface area (Å²) in [7, 11) is -2.04. The van der Waals surface area contributed by atoms with E-state index in [1.54, 1.807) is 13.1 Å². The van der Waals surface area contributed by atoms with Gasteiger partial charge in [0.2, 0.25) is 0 Å². The van der Waals surface area contributed by atoms with Gasteiger partial charge in [-0.25, -0.2) is 4.79 Å². The van der Waals surface area contributed by atoms with Crippen molar-refractivity contribution in [2.45, 2.75) is 84.5 Å². The Morgan fingerprint density at radius 1 is 1.32 bits per heavy atom. The minimum atomic E-state index is -2.04. The van der Waals surface area contributed by atoms with Crippen molar-refractivity contribution in [3.63, 3.8) is 0 Å². The molecule has 1 saturated heterocycles. The fourth-order valence-corrected chi connectivity index (χ4v) is 4.37. The lowest BCUT2D eigenvalue weighted by Crippen LogP contribution is -2.48. The van der Waals surface area contributed by atoms with Crippen LogP contribution in [0.3, 0.4) is 0 Å². The summed E-state index contributed by atoms with van der Waals surface area (Å²) in [5.74, 6) is 0.170. The van der Waals surface area contributed by atoms with Crippen molar-refractivity contribution in [2.24, 2.45) is 5.92 Å². The first-order valence-electron chi connectivity index (χ1n) is 9.04. The van der Waals surface area contributed by atoms with Crippen molar-refractivity contribution in [1.82, 2.24) is 9.55 Å². The van der Waals surface area contributed by atoms with Crippen LogP contribution in [-0.2, 0) is 9.16 Å². The molecule has 1 aliphatic rings. The lowest BCUT2D eigenvalue weighted by Gasteiger charge is -2.40. The Morgan fingerprint density at radius 2 is 1.92 bits per heavy atom. The molecule has 0 spiro atoms. The predicted molar refractivity (Wildman–Crippen MR) is 101 cm³/mol. The molecule has 6 nitrogen and oxygen atoms in total. The third kappa shape index (κ3) is 3.83. The molecule has 0 aromatic carbocycles. The van der Waals surface area contributed by atoms with Crippen LogP contribution in [0.4, 0.5) is 0 Å². The molecule has 7 heteroatoms. The molecule has 0 aliphatic carbocycles. The van der Waals surface area contributed by atoms with Crippen molar-refractivity contribution in [1.29, 1.82) is 0 Å². The normalized spacial score (nSPS) is 27.7. The molecule has 25 heavy (non-hydrogen) atoms. The number of nitrogens with zero attached hydrogens (tertiary/aromatic N) is 1. The van der Waals surface area contributed by atoms with E-state index in [0.717, 1.165) is 6.42 Å². The first-order valence-corrected chi connectivity index (χ1v) is 11.9. The van der Waals surface area contributed by atoms with Gasteiger partial charge in [0.1, 0.15) is 0 Å². The third-order valence-corrected chi connectivity index (χ3v) is 10.2. The number of aromatic nitrogens is 2. The zero-order valence-electron chi connectivity index (χ0n) is 16.7. The summed E-state index contributed by atoms with van der Waals surface area (Å²) in [6.45, 7) is 16.9. The summed E-state index contributed by atoms with van der Waals surface area (Å²) in [6, 6.07) is 0. The number of nitrogens with one attached hydrogen (secondary N) is 1. The number of rotatable bonds is 4. The van der Waals surface area contributed by atoms with Crippen LogP contribution >= 0.6 is 0 Å². The Balaban J connectivity index is 2.46.